The summed E-state index contributed by atoms with van der Waals surface area (Å²) in [6.07, 6.45) is -4.37. The van der Waals surface area contributed by atoms with Crippen molar-refractivity contribution in [2.45, 2.75) is 26.6 Å². The Kier molecular flexibility index (Phi) is 7.58. The molecule has 1 aromatic heterocycles. The number of hydrogen-bond acceptors (Lipinski definition) is 4. The van der Waals surface area contributed by atoms with Crippen molar-refractivity contribution in [1.82, 2.24) is 20.3 Å². The largest absolute Gasteiger partial charge is 0.416 e. The van der Waals surface area contributed by atoms with Crippen LogP contribution in [0.3, 0.4) is 0 Å². The molecular weight excluding hydrogens is 407 g/mol. The highest BCUT2D eigenvalue weighted by Gasteiger charge is 2.30. The first-order chi connectivity index (χ1) is 14.8. The maximum atomic E-state index is 12.8. The molecule has 166 valence electrons. The molecule has 1 N–H and O–H groups in total. The van der Waals surface area contributed by atoms with Gasteiger partial charge in [-0.25, -0.2) is 4.99 Å². The topological polar surface area (TPSA) is 56.9 Å². The fraction of sp³-hybridized carbons (Fsp3) is 0.455. The number of guanidine groups is 1. The average Bonchev–Trinajstić information content (AvgIpc) is 3.15. The third kappa shape index (κ3) is 6.76. The van der Waals surface area contributed by atoms with Crippen LogP contribution < -0.4 is 5.32 Å². The molecule has 3 rings (SSSR count). The SMILES string of the molecule is CCNC(=NCC#Cc1cccc(C(F)(F)F)c1)N1CCN(Cc2cc(C)on2)CC1. The fourth-order valence-electron chi connectivity index (χ4n) is 3.29. The van der Waals surface area contributed by atoms with Crippen LogP contribution >= 0.6 is 0 Å². The number of rotatable bonds is 4. The van der Waals surface area contributed by atoms with Crippen LogP contribution in [0.2, 0.25) is 0 Å². The third-order valence-corrected chi connectivity index (χ3v) is 4.80. The Morgan fingerprint density at radius 3 is 2.65 bits per heavy atom. The van der Waals surface area contributed by atoms with E-state index in [-0.39, 0.29) is 6.54 Å². The zero-order valence-corrected chi connectivity index (χ0v) is 17.7. The van der Waals surface area contributed by atoms with Crippen LogP contribution in [0.1, 0.15) is 29.5 Å². The lowest BCUT2D eigenvalue weighted by Crippen LogP contribution is -2.52. The standard InChI is InChI=1S/C22H26F3N5O/c1-3-26-21(27-9-5-7-18-6-4-8-19(15-18)22(23,24)25)30-12-10-29(11-13-30)16-20-14-17(2)31-28-20/h4,6,8,14-15H,3,9-13,16H2,1-2H3,(H,26,27). The van der Waals surface area contributed by atoms with Crippen molar-refractivity contribution in [3.8, 4) is 11.8 Å². The summed E-state index contributed by atoms with van der Waals surface area (Å²) in [5, 5.41) is 7.30. The maximum Gasteiger partial charge on any atom is 0.416 e. The van der Waals surface area contributed by atoms with E-state index in [0.717, 1.165) is 68.8 Å². The Morgan fingerprint density at radius 2 is 2.00 bits per heavy atom. The van der Waals surface area contributed by atoms with Crippen LogP contribution in [0.15, 0.2) is 39.8 Å². The molecule has 0 saturated carbocycles. The van der Waals surface area contributed by atoms with Gasteiger partial charge in [0.05, 0.1) is 11.3 Å². The number of benzene rings is 1. The van der Waals surface area contributed by atoms with Gasteiger partial charge >= 0.3 is 6.18 Å². The molecule has 1 aromatic carbocycles. The number of aryl methyl sites for hydroxylation is 1. The number of alkyl halides is 3. The number of nitrogens with one attached hydrogen (secondary N) is 1. The number of aliphatic imine (C=N–C) groups is 1. The van der Waals surface area contributed by atoms with Gasteiger partial charge < -0.3 is 14.7 Å². The summed E-state index contributed by atoms with van der Waals surface area (Å²) in [6, 6.07) is 6.96. The van der Waals surface area contributed by atoms with Crippen molar-refractivity contribution >= 4 is 5.96 Å². The lowest BCUT2D eigenvalue weighted by atomic mass is 10.1. The van der Waals surface area contributed by atoms with Gasteiger partial charge in [-0.15, -0.1) is 0 Å². The van der Waals surface area contributed by atoms with E-state index in [1.54, 1.807) is 6.07 Å². The van der Waals surface area contributed by atoms with Crippen LogP contribution in [-0.4, -0.2) is 60.2 Å². The first-order valence-corrected chi connectivity index (χ1v) is 10.2. The molecule has 0 aliphatic carbocycles. The highest BCUT2D eigenvalue weighted by Crippen LogP contribution is 2.29. The molecule has 0 amide bonds. The van der Waals surface area contributed by atoms with Gasteiger partial charge in [0.2, 0.25) is 0 Å². The predicted molar refractivity (Wildman–Crippen MR) is 112 cm³/mol. The molecule has 9 heteroatoms. The molecule has 31 heavy (non-hydrogen) atoms. The van der Waals surface area contributed by atoms with Gasteiger partial charge in [0.1, 0.15) is 12.3 Å². The molecule has 0 unspecified atom stereocenters. The number of hydrogen-bond donors (Lipinski definition) is 1. The second kappa shape index (κ2) is 10.4. The molecule has 2 heterocycles. The van der Waals surface area contributed by atoms with E-state index in [9.17, 15) is 13.2 Å². The predicted octanol–water partition coefficient (Wildman–Crippen LogP) is 3.14. The Balaban J connectivity index is 1.56. The van der Waals surface area contributed by atoms with E-state index in [4.69, 9.17) is 4.52 Å². The van der Waals surface area contributed by atoms with Gasteiger partial charge in [-0.2, -0.15) is 13.2 Å². The minimum absolute atomic E-state index is 0.205. The van der Waals surface area contributed by atoms with Crippen LogP contribution in [0.5, 0.6) is 0 Å². The van der Waals surface area contributed by atoms with E-state index >= 15 is 0 Å². The van der Waals surface area contributed by atoms with Crippen LogP contribution in [-0.2, 0) is 12.7 Å². The van der Waals surface area contributed by atoms with Crippen LogP contribution in [0, 0.1) is 18.8 Å². The molecule has 1 fully saturated rings. The summed E-state index contributed by atoms with van der Waals surface area (Å²) < 4.78 is 43.5. The number of halogens is 3. The van der Waals surface area contributed by atoms with Gasteiger partial charge in [-0.1, -0.05) is 23.1 Å². The summed E-state index contributed by atoms with van der Waals surface area (Å²) in [6.45, 7) is 8.90. The summed E-state index contributed by atoms with van der Waals surface area (Å²) in [5.74, 6) is 7.19. The molecule has 0 atom stereocenters. The molecule has 6 nitrogen and oxygen atoms in total. The third-order valence-electron chi connectivity index (χ3n) is 4.80. The molecule has 0 spiro atoms. The zero-order valence-electron chi connectivity index (χ0n) is 17.7. The van der Waals surface area contributed by atoms with Gasteiger partial charge in [-0.05, 0) is 32.0 Å². The molecule has 1 saturated heterocycles. The van der Waals surface area contributed by atoms with Crippen LogP contribution in [0.25, 0.3) is 0 Å². The molecule has 1 aliphatic heterocycles. The Bertz CT molecular complexity index is 950. The van der Waals surface area contributed by atoms with Crippen molar-refractivity contribution in [3.63, 3.8) is 0 Å². The van der Waals surface area contributed by atoms with Crippen molar-refractivity contribution in [3.05, 3.63) is 52.9 Å². The summed E-state index contributed by atoms with van der Waals surface area (Å²) in [7, 11) is 0. The normalized spacial score (nSPS) is 15.5. The lowest BCUT2D eigenvalue weighted by molar-refractivity contribution is -0.137. The second-order valence-electron chi connectivity index (χ2n) is 7.24. The van der Waals surface area contributed by atoms with E-state index < -0.39 is 11.7 Å². The summed E-state index contributed by atoms with van der Waals surface area (Å²) in [4.78, 5) is 9.00. The monoisotopic (exact) mass is 433 g/mol. The first kappa shape index (κ1) is 22.7. The molecule has 0 radical (unpaired) electrons. The number of aromatic nitrogens is 1. The first-order valence-electron chi connectivity index (χ1n) is 10.2. The quantitative estimate of drug-likeness (QED) is 0.456. The van der Waals surface area contributed by atoms with Gasteiger partial charge in [0, 0.05) is 50.9 Å². The van der Waals surface area contributed by atoms with Crippen LogP contribution in [0.4, 0.5) is 13.2 Å². The number of nitrogens with zero attached hydrogens (tertiary/aromatic N) is 4. The van der Waals surface area contributed by atoms with Crippen molar-refractivity contribution in [2.24, 2.45) is 4.99 Å². The highest BCUT2D eigenvalue weighted by molar-refractivity contribution is 5.80. The number of piperazine rings is 1. The smallest absolute Gasteiger partial charge is 0.361 e. The van der Waals surface area contributed by atoms with Crippen molar-refractivity contribution < 1.29 is 17.7 Å². The van der Waals surface area contributed by atoms with E-state index in [2.05, 4.69) is 37.1 Å². The van der Waals surface area contributed by atoms with Gasteiger partial charge in [-0.3, -0.25) is 4.90 Å². The minimum atomic E-state index is -4.37. The van der Waals surface area contributed by atoms with Crippen molar-refractivity contribution in [1.29, 1.82) is 0 Å². The highest BCUT2D eigenvalue weighted by atomic mass is 19.4. The molecule has 2 aromatic rings. The zero-order chi connectivity index (χ0) is 22.3. The maximum absolute atomic E-state index is 12.8. The molecule has 1 aliphatic rings. The average molecular weight is 433 g/mol. The summed E-state index contributed by atoms with van der Waals surface area (Å²) in [5.41, 5.74) is 0.554. The molecular formula is C22H26F3N5O. The van der Waals surface area contributed by atoms with E-state index in [1.807, 2.05) is 19.9 Å². The van der Waals surface area contributed by atoms with Crippen molar-refractivity contribution in [2.75, 3.05) is 39.3 Å². The fourth-order valence-corrected chi connectivity index (χ4v) is 3.29. The summed E-state index contributed by atoms with van der Waals surface area (Å²) >= 11 is 0. The Labute approximate surface area is 180 Å². The Hall–Kier alpha value is -2.99. The van der Waals surface area contributed by atoms with Gasteiger partial charge in [0.15, 0.2) is 5.96 Å². The minimum Gasteiger partial charge on any atom is -0.361 e. The second-order valence-corrected chi connectivity index (χ2v) is 7.24. The lowest BCUT2D eigenvalue weighted by Gasteiger charge is -2.36. The Morgan fingerprint density at radius 1 is 1.23 bits per heavy atom. The molecule has 0 bridgehead atoms. The van der Waals surface area contributed by atoms with E-state index in [1.165, 1.54) is 6.07 Å². The van der Waals surface area contributed by atoms with E-state index in [0.29, 0.717) is 5.56 Å². The van der Waals surface area contributed by atoms with Gasteiger partial charge in [0.25, 0.3) is 0 Å².